The summed E-state index contributed by atoms with van der Waals surface area (Å²) in [5.41, 5.74) is -2.31. The number of ether oxygens (including phenoxy) is 2. The van der Waals surface area contributed by atoms with Gasteiger partial charge in [-0.25, -0.2) is 8.78 Å². The molecule has 2 aliphatic rings. The summed E-state index contributed by atoms with van der Waals surface area (Å²) in [5.74, 6) is -1.88. The van der Waals surface area contributed by atoms with Gasteiger partial charge in [-0.1, -0.05) is 0 Å². The number of hydrogen-bond donors (Lipinski definition) is 2. The largest absolute Gasteiger partial charge is 0.490 e. The number of piperidine rings is 1. The first kappa shape index (κ1) is 21.9. The van der Waals surface area contributed by atoms with Crippen LogP contribution in [0.5, 0.6) is 5.75 Å². The maximum atomic E-state index is 13.3. The average molecular weight is 414 g/mol. The summed E-state index contributed by atoms with van der Waals surface area (Å²) in [6.45, 7) is 3.86. The van der Waals surface area contributed by atoms with Crippen molar-refractivity contribution in [2.45, 2.75) is 31.0 Å². The highest BCUT2D eigenvalue weighted by Gasteiger charge is 2.39. The SMILES string of the molecule is CC(=O)N1CCC(O)(CN2CCOC[C@](O)(COc3ccc(F)c(F)c3)C2)CC1. The third kappa shape index (κ3) is 5.85. The van der Waals surface area contributed by atoms with E-state index in [2.05, 4.69) is 0 Å². The molecule has 0 aliphatic carbocycles. The van der Waals surface area contributed by atoms with Crippen molar-refractivity contribution < 1.29 is 33.3 Å². The third-order valence-electron chi connectivity index (χ3n) is 5.50. The second kappa shape index (κ2) is 8.91. The van der Waals surface area contributed by atoms with Crippen LogP contribution in [-0.4, -0.2) is 89.7 Å². The molecule has 2 aliphatic heterocycles. The Labute approximate surface area is 168 Å². The van der Waals surface area contributed by atoms with Crippen LogP contribution in [0.3, 0.4) is 0 Å². The number of nitrogens with zero attached hydrogens (tertiary/aromatic N) is 2. The monoisotopic (exact) mass is 414 g/mol. The number of β-amino-alcohol motifs (C(OH)–C–C–N with tert-alkyl or cyclic N) is 2. The van der Waals surface area contributed by atoms with E-state index < -0.39 is 22.8 Å². The number of amides is 1. The lowest BCUT2D eigenvalue weighted by molar-refractivity contribution is -0.134. The van der Waals surface area contributed by atoms with Gasteiger partial charge in [-0.2, -0.15) is 0 Å². The second-order valence-electron chi connectivity index (χ2n) is 8.08. The van der Waals surface area contributed by atoms with Crippen molar-refractivity contribution in [2.24, 2.45) is 0 Å². The van der Waals surface area contributed by atoms with Crippen LogP contribution in [-0.2, 0) is 9.53 Å². The number of halogens is 2. The Kier molecular flexibility index (Phi) is 6.72. The van der Waals surface area contributed by atoms with Gasteiger partial charge in [0.25, 0.3) is 0 Å². The van der Waals surface area contributed by atoms with Crippen LogP contribution in [0.15, 0.2) is 18.2 Å². The van der Waals surface area contributed by atoms with Gasteiger partial charge < -0.3 is 24.6 Å². The van der Waals surface area contributed by atoms with E-state index in [0.717, 1.165) is 12.1 Å². The van der Waals surface area contributed by atoms with Crippen LogP contribution in [0.1, 0.15) is 19.8 Å². The minimum absolute atomic E-state index is 0.000948. The van der Waals surface area contributed by atoms with Gasteiger partial charge in [0.15, 0.2) is 11.6 Å². The van der Waals surface area contributed by atoms with Crippen LogP contribution >= 0.6 is 0 Å². The topological polar surface area (TPSA) is 82.5 Å². The fraction of sp³-hybridized carbons (Fsp3) is 0.650. The predicted octanol–water partition coefficient (Wildman–Crippen LogP) is 0.780. The molecule has 3 rings (SSSR count). The highest BCUT2D eigenvalue weighted by Crippen LogP contribution is 2.25. The van der Waals surface area contributed by atoms with Gasteiger partial charge in [0.1, 0.15) is 18.0 Å². The maximum Gasteiger partial charge on any atom is 0.219 e. The first-order valence-corrected chi connectivity index (χ1v) is 9.76. The fourth-order valence-electron chi connectivity index (χ4n) is 3.82. The zero-order valence-corrected chi connectivity index (χ0v) is 16.6. The van der Waals surface area contributed by atoms with Gasteiger partial charge >= 0.3 is 0 Å². The molecule has 1 aromatic carbocycles. The van der Waals surface area contributed by atoms with Gasteiger partial charge in [-0.15, -0.1) is 0 Å². The molecule has 162 valence electrons. The van der Waals surface area contributed by atoms with E-state index in [-0.39, 0.29) is 31.4 Å². The van der Waals surface area contributed by atoms with Crippen LogP contribution in [0.25, 0.3) is 0 Å². The van der Waals surface area contributed by atoms with Crippen molar-refractivity contribution in [2.75, 3.05) is 52.5 Å². The molecule has 0 bridgehead atoms. The number of benzene rings is 1. The van der Waals surface area contributed by atoms with Crippen molar-refractivity contribution in [1.82, 2.24) is 9.80 Å². The van der Waals surface area contributed by atoms with Gasteiger partial charge in [-0.3, -0.25) is 9.69 Å². The number of carbonyl (C=O) groups excluding carboxylic acids is 1. The van der Waals surface area contributed by atoms with E-state index in [1.54, 1.807) is 4.90 Å². The van der Waals surface area contributed by atoms with Gasteiger partial charge in [0, 0.05) is 45.7 Å². The molecule has 0 aromatic heterocycles. The zero-order valence-electron chi connectivity index (χ0n) is 16.6. The highest BCUT2D eigenvalue weighted by molar-refractivity contribution is 5.73. The number of aliphatic hydroxyl groups is 2. The van der Waals surface area contributed by atoms with Crippen LogP contribution in [0, 0.1) is 11.6 Å². The van der Waals surface area contributed by atoms with Crippen LogP contribution in [0.4, 0.5) is 8.78 Å². The number of likely N-dealkylation sites (tertiary alicyclic amines) is 1. The third-order valence-corrected chi connectivity index (χ3v) is 5.50. The molecule has 1 amide bonds. The molecule has 2 N–H and O–H groups in total. The molecular weight excluding hydrogens is 386 g/mol. The van der Waals surface area contributed by atoms with Crippen LogP contribution in [0.2, 0.25) is 0 Å². The quantitative estimate of drug-likeness (QED) is 0.741. The standard InChI is InChI=1S/C20H28F2N2O5/c1-15(25)24-6-4-19(26,5-7-24)11-23-8-9-28-13-20(27,12-23)14-29-16-2-3-17(21)18(22)10-16/h2-3,10,26-27H,4-9,11-14H2,1H3/t20-/m0/s1. The minimum Gasteiger partial charge on any atom is -0.490 e. The predicted molar refractivity (Wildman–Crippen MR) is 100 cm³/mol. The second-order valence-corrected chi connectivity index (χ2v) is 8.08. The summed E-state index contributed by atoms with van der Waals surface area (Å²) >= 11 is 0. The Hall–Kier alpha value is -1.81. The summed E-state index contributed by atoms with van der Waals surface area (Å²) in [7, 11) is 0. The smallest absolute Gasteiger partial charge is 0.219 e. The average Bonchev–Trinajstić information content (AvgIpc) is 2.84. The van der Waals surface area contributed by atoms with Gasteiger partial charge in [-0.05, 0) is 25.0 Å². The van der Waals surface area contributed by atoms with E-state index in [1.165, 1.54) is 13.0 Å². The van der Waals surface area contributed by atoms with Gasteiger partial charge in [0.05, 0.1) is 18.8 Å². The zero-order chi connectivity index (χ0) is 21.1. The normalized spacial score (nSPS) is 25.5. The Morgan fingerprint density at radius 3 is 2.55 bits per heavy atom. The molecule has 2 saturated heterocycles. The Morgan fingerprint density at radius 2 is 1.90 bits per heavy atom. The molecule has 2 heterocycles. The van der Waals surface area contributed by atoms with Gasteiger partial charge in [0.2, 0.25) is 5.91 Å². The number of carbonyl (C=O) groups is 1. The summed E-state index contributed by atoms with van der Waals surface area (Å²) in [6, 6.07) is 3.19. The Bertz CT molecular complexity index is 727. The maximum absolute atomic E-state index is 13.3. The van der Waals surface area contributed by atoms with Crippen molar-refractivity contribution >= 4 is 5.91 Å². The lowest BCUT2D eigenvalue weighted by Crippen LogP contribution is -2.55. The minimum atomic E-state index is -1.36. The molecule has 0 saturated carbocycles. The van der Waals surface area contributed by atoms with E-state index in [0.29, 0.717) is 45.6 Å². The molecule has 9 heteroatoms. The molecule has 2 fully saturated rings. The fourth-order valence-corrected chi connectivity index (χ4v) is 3.82. The lowest BCUT2D eigenvalue weighted by Gasteiger charge is -2.41. The molecular formula is C20H28F2N2O5. The van der Waals surface area contributed by atoms with Crippen molar-refractivity contribution in [1.29, 1.82) is 0 Å². The van der Waals surface area contributed by atoms with E-state index in [4.69, 9.17) is 9.47 Å². The number of rotatable bonds is 5. The van der Waals surface area contributed by atoms with Crippen molar-refractivity contribution in [3.63, 3.8) is 0 Å². The Balaban J connectivity index is 1.58. The van der Waals surface area contributed by atoms with E-state index in [1.807, 2.05) is 4.90 Å². The molecule has 29 heavy (non-hydrogen) atoms. The first-order chi connectivity index (χ1) is 13.7. The summed E-state index contributed by atoms with van der Waals surface area (Å²) in [5, 5.41) is 21.9. The van der Waals surface area contributed by atoms with Crippen molar-refractivity contribution in [3.8, 4) is 5.75 Å². The van der Waals surface area contributed by atoms with E-state index >= 15 is 0 Å². The highest BCUT2D eigenvalue weighted by atomic mass is 19.2. The summed E-state index contributed by atoms with van der Waals surface area (Å²) in [4.78, 5) is 15.1. The molecule has 0 radical (unpaired) electrons. The summed E-state index contributed by atoms with van der Waals surface area (Å²) in [6.07, 6.45) is 0.932. The molecule has 0 spiro atoms. The Morgan fingerprint density at radius 1 is 1.17 bits per heavy atom. The lowest BCUT2D eigenvalue weighted by atomic mass is 9.90. The molecule has 1 atom stereocenters. The number of hydrogen-bond acceptors (Lipinski definition) is 6. The molecule has 7 nitrogen and oxygen atoms in total. The van der Waals surface area contributed by atoms with E-state index in [9.17, 15) is 23.8 Å². The molecule has 1 aromatic rings. The first-order valence-electron chi connectivity index (χ1n) is 9.76. The summed E-state index contributed by atoms with van der Waals surface area (Å²) < 4.78 is 37.4. The molecule has 0 unspecified atom stereocenters. The van der Waals surface area contributed by atoms with Crippen molar-refractivity contribution in [3.05, 3.63) is 29.8 Å². The van der Waals surface area contributed by atoms with Crippen LogP contribution < -0.4 is 4.74 Å².